The molecule has 2 saturated heterocycles. The lowest BCUT2D eigenvalue weighted by molar-refractivity contribution is 0.104. The van der Waals surface area contributed by atoms with E-state index in [1.54, 1.807) is 19.2 Å². The molecule has 0 saturated carbocycles. The standard InChI is InChI=1S/C18H27FN2O/c1-20-14-18(11-17(20)13-22-2)6-8-21(9-7-18)12-15-4-3-5-16(19)10-15/h3-5,10,17H,6-9,11-14H2,1-2H3/t17-/m0/s1. The van der Waals surface area contributed by atoms with Crippen molar-refractivity contribution in [1.82, 2.24) is 9.80 Å². The minimum absolute atomic E-state index is 0.134. The van der Waals surface area contributed by atoms with Crippen LogP contribution in [0, 0.1) is 11.2 Å². The van der Waals surface area contributed by atoms with Gasteiger partial charge in [0.15, 0.2) is 0 Å². The molecule has 3 nitrogen and oxygen atoms in total. The van der Waals surface area contributed by atoms with Crippen molar-refractivity contribution in [2.45, 2.75) is 31.8 Å². The van der Waals surface area contributed by atoms with Gasteiger partial charge in [0.05, 0.1) is 6.61 Å². The highest BCUT2D eigenvalue weighted by Gasteiger charge is 2.43. The van der Waals surface area contributed by atoms with Crippen LogP contribution in [0.5, 0.6) is 0 Å². The first-order chi connectivity index (χ1) is 10.6. The van der Waals surface area contributed by atoms with E-state index in [1.165, 1.54) is 31.9 Å². The van der Waals surface area contributed by atoms with Gasteiger partial charge < -0.3 is 9.64 Å². The van der Waals surface area contributed by atoms with Gasteiger partial charge in [-0.2, -0.15) is 0 Å². The first kappa shape index (κ1) is 15.9. The molecule has 1 aromatic carbocycles. The highest BCUT2D eigenvalue weighted by Crippen LogP contribution is 2.42. The van der Waals surface area contributed by atoms with Crippen LogP contribution in [0.2, 0.25) is 0 Å². The molecular formula is C18H27FN2O. The Balaban J connectivity index is 1.54. The Hall–Kier alpha value is -0.970. The smallest absolute Gasteiger partial charge is 0.123 e. The van der Waals surface area contributed by atoms with E-state index in [0.29, 0.717) is 11.5 Å². The van der Waals surface area contributed by atoms with E-state index in [1.807, 2.05) is 6.07 Å². The Labute approximate surface area is 133 Å². The fourth-order valence-corrected chi connectivity index (χ4v) is 4.20. The number of rotatable bonds is 4. The minimum atomic E-state index is -0.134. The maximum atomic E-state index is 13.3. The molecule has 0 unspecified atom stereocenters. The Morgan fingerprint density at radius 3 is 2.77 bits per heavy atom. The number of ether oxygens (including phenoxy) is 1. The first-order valence-electron chi connectivity index (χ1n) is 8.26. The predicted octanol–water partition coefficient (Wildman–Crippen LogP) is 2.76. The summed E-state index contributed by atoms with van der Waals surface area (Å²) >= 11 is 0. The third kappa shape index (κ3) is 3.50. The molecule has 3 rings (SSSR count). The van der Waals surface area contributed by atoms with E-state index in [4.69, 9.17) is 4.74 Å². The largest absolute Gasteiger partial charge is 0.383 e. The third-order valence-electron chi connectivity index (χ3n) is 5.45. The summed E-state index contributed by atoms with van der Waals surface area (Å²) in [5.74, 6) is -0.134. The highest BCUT2D eigenvalue weighted by molar-refractivity contribution is 5.16. The van der Waals surface area contributed by atoms with Gasteiger partial charge in [0.2, 0.25) is 0 Å². The number of nitrogens with zero attached hydrogens (tertiary/aromatic N) is 2. The fraction of sp³-hybridized carbons (Fsp3) is 0.667. The van der Waals surface area contributed by atoms with Gasteiger partial charge in [-0.3, -0.25) is 4.90 Å². The molecule has 0 amide bonds. The number of likely N-dealkylation sites (tertiary alicyclic amines) is 2. The molecule has 2 fully saturated rings. The summed E-state index contributed by atoms with van der Waals surface area (Å²) in [6, 6.07) is 7.56. The zero-order valence-corrected chi connectivity index (χ0v) is 13.7. The molecule has 1 aromatic rings. The van der Waals surface area contributed by atoms with E-state index in [-0.39, 0.29) is 5.82 Å². The molecule has 4 heteroatoms. The first-order valence-corrected chi connectivity index (χ1v) is 8.26. The summed E-state index contributed by atoms with van der Waals surface area (Å²) in [6.07, 6.45) is 3.74. The van der Waals surface area contributed by atoms with Crippen molar-refractivity contribution in [3.63, 3.8) is 0 Å². The van der Waals surface area contributed by atoms with E-state index in [2.05, 4.69) is 16.8 Å². The molecule has 2 aliphatic rings. The maximum Gasteiger partial charge on any atom is 0.123 e. The summed E-state index contributed by atoms with van der Waals surface area (Å²) < 4.78 is 18.6. The lowest BCUT2D eigenvalue weighted by atomic mass is 9.76. The molecule has 0 N–H and O–H groups in total. The minimum Gasteiger partial charge on any atom is -0.383 e. The van der Waals surface area contributed by atoms with Crippen molar-refractivity contribution in [2.24, 2.45) is 5.41 Å². The van der Waals surface area contributed by atoms with Gasteiger partial charge in [-0.1, -0.05) is 12.1 Å². The van der Waals surface area contributed by atoms with Crippen LogP contribution in [-0.2, 0) is 11.3 Å². The van der Waals surface area contributed by atoms with Crippen LogP contribution in [-0.4, -0.2) is 56.2 Å². The molecule has 1 atom stereocenters. The zero-order valence-electron chi connectivity index (χ0n) is 13.7. The molecular weight excluding hydrogens is 279 g/mol. The Kier molecular flexibility index (Phi) is 4.81. The quantitative estimate of drug-likeness (QED) is 0.851. The van der Waals surface area contributed by atoms with Gasteiger partial charge in [0, 0.05) is 26.2 Å². The maximum absolute atomic E-state index is 13.3. The average Bonchev–Trinajstić information content (AvgIpc) is 2.78. The number of piperidine rings is 1. The summed E-state index contributed by atoms with van der Waals surface area (Å²) in [7, 11) is 4.01. The topological polar surface area (TPSA) is 15.7 Å². The van der Waals surface area contributed by atoms with Crippen LogP contribution < -0.4 is 0 Å². The van der Waals surface area contributed by atoms with Crippen molar-refractivity contribution in [3.05, 3.63) is 35.6 Å². The van der Waals surface area contributed by atoms with Gasteiger partial charge in [0.25, 0.3) is 0 Å². The van der Waals surface area contributed by atoms with Crippen LogP contribution in [0.4, 0.5) is 4.39 Å². The summed E-state index contributed by atoms with van der Waals surface area (Å²) in [5, 5.41) is 0. The Bertz CT molecular complexity index is 500. The molecule has 0 aromatic heterocycles. The van der Waals surface area contributed by atoms with Crippen LogP contribution in [0.15, 0.2) is 24.3 Å². The highest BCUT2D eigenvalue weighted by atomic mass is 19.1. The number of hydrogen-bond acceptors (Lipinski definition) is 3. The molecule has 2 heterocycles. The number of benzene rings is 1. The predicted molar refractivity (Wildman–Crippen MR) is 86.3 cm³/mol. The summed E-state index contributed by atoms with van der Waals surface area (Å²) in [5.41, 5.74) is 1.55. The van der Waals surface area contributed by atoms with Crippen molar-refractivity contribution in [3.8, 4) is 0 Å². The molecule has 2 aliphatic heterocycles. The Morgan fingerprint density at radius 1 is 1.32 bits per heavy atom. The number of methoxy groups -OCH3 is 1. The number of halogens is 1. The van der Waals surface area contributed by atoms with Gasteiger partial charge in [-0.15, -0.1) is 0 Å². The van der Waals surface area contributed by atoms with E-state index >= 15 is 0 Å². The van der Waals surface area contributed by atoms with Crippen molar-refractivity contribution in [2.75, 3.05) is 40.4 Å². The van der Waals surface area contributed by atoms with Gasteiger partial charge in [-0.25, -0.2) is 4.39 Å². The molecule has 122 valence electrons. The molecule has 0 radical (unpaired) electrons. The van der Waals surface area contributed by atoms with Crippen LogP contribution in [0.25, 0.3) is 0 Å². The average molecular weight is 306 g/mol. The lowest BCUT2D eigenvalue weighted by Crippen LogP contribution is -2.40. The summed E-state index contributed by atoms with van der Waals surface area (Å²) in [6.45, 7) is 5.12. The molecule has 0 bridgehead atoms. The molecule has 0 aliphatic carbocycles. The van der Waals surface area contributed by atoms with Gasteiger partial charge in [0.1, 0.15) is 5.82 Å². The van der Waals surface area contributed by atoms with E-state index < -0.39 is 0 Å². The van der Waals surface area contributed by atoms with Crippen molar-refractivity contribution >= 4 is 0 Å². The monoisotopic (exact) mass is 306 g/mol. The molecule has 22 heavy (non-hydrogen) atoms. The summed E-state index contributed by atoms with van der Waals surface area (Å²) in [4.78, 5) is 4.93. The second-order valence-electron chi connectivity index (χ2n) is 7.13. The SMILES string of the molecule is COC[C@@H]1CC2(CCN(Cc3cccc(F)c3)CC2)CN1C. The van der Waals surface area contributed by atoms with Crippen molar-refractivity contribution < 1.29 is 9.13 Å². The van der Waals surface area contributed by atoms with Crippen molar-refractivity contribution in [1.29, 1.82) is 0 Å². The van der Waals surface area contributed by atoms with Gasteiger partial charge in [-0.05, 0) is 62.5 Å². The van der Waals surface area contributed by atoms with Gasteiger partial charge >= 0.3 is 0 Å². The van der Waals surface area contributed by atoms with E-state index in [9.17, 15) is 4.39 Å². The third-order valence-corrected chi connectivity index (χ3v) is 5.45. The lowest BCUT2D eigenvalue weighted by Gasteiger charge is -2.39. The number of hydrogen-bond donors (Lipinski definition) is 0. The second-order valence-corrected chi connectivity index (χ2v) is 7.13. The fourth-order valence-electron chi connectivity index (χ4n) is 4.20. The van der Waals surface area contributed by atoms with Crippen LogP contribution in [0.1, 0.15) is 24.8 Å². The second kappa shape index (κ2) is 6.65. The van der Waals surface area contributed by atoms with E-state index in [0.717, 1.165) is 31.8 Å². The van der Waals surface area contributed by atoms with Crippen LogP contribution >= 0.6 is 0 Å². The number of likely N-dealkylation sites (N-methyl/N-ethyl adjacent to an activating group) is 1. The van der Waals surface area contributed by atoms with Crippen LogP contribution in [0.3, 0.4) is 0 Å². The zero-order chi connectivity index (χ0) is 15.6. The normalized spacial score (nSPS) is 25.9. The Morgan fingerprint density at radius 2 is 2.09 bits per heavy atom. The molecule has 1 spiro atoms.